The Morgan fingerprint density at radius 1 is 0.562 bits per heavy atom. The van der Waals surface area contributed by atoms with Crippen LogP contribution in [0.25, 0.3) is 54.6 Å². The van der Waals surface area contributed by atoms with Crippen molar-refractivity contribution in [3.63, 3.8) is 0 Å². The van der Waals surface area contributed by atoms with Crippen LogP contribution < -0.4 is 0 Å². The van der Waals surface area contributed by atoms with E-state index >= 15 is 0 Å². The van der Waals surface area contributed by atoms with Crippen LogP contribution >= 0.6 is 0 Å². The minimum absolute atomic E-state index is 0.323. The second-order valence-corrected chi connectivity index (χ2v) is 8.08. The Labute approximate surface area is 186 Å². The first-order valence-electron chi connectivity index (χ1n) is 10.7. The van der Waals surface area contributed by atoms with Crippen molar-refractivity contribution >= 4 is 38.3 Å². The number of carbonyl (C=O) groups is 1. The van der Waals surface area contributed by atoms with Crippen LogP contribution in [0.1, 0.15) is 10.4 Å². The van der Waals surface area contributed by atoms with Gasteiger partial charge >= 0.3 is 5.97 Å². The lowest BCUT2D eigenvalue weighted by atomic mass is 9.89. The van der Waals surface area contributed by atoms with Crippen molar-refractivity contribution in [3.05, 3.63) is 109 Å². The number of rotatable bonds is 3. The minimum Gasteiger partial charge on any atom is -0.465 e. The second kappa shape index (κ2) is 7.21. The molecule has 0 aliphatic carbocycles. The Bertz CT molecular complexity index is 1590. The Hall–Kier alpha value is -4.17. The van der Waals surface area contributed by atoms with Gasteiger partial charge in [0.15, 0.2) is 0 Å². The molecule has 0 aliphatic heterocycles. The predicted octanol–water partition coefficient (Wildman–Crippen LogP) is 7.70. The molecule has 0 fully saturated rings. The van der Waals surface area contributed by atoms with Crippen molar-refractivity contribution < 1.29 is 9.53 Å². The summed E-state index contributed by atoms with van der Waals surface area (Å²) in [7, 11) is 1.41. The normalized spacial score (nSPS) is 11.4. The van der Waals surface area contributed by atoms with Crippen molar-refractivity contribution in [2.75, 3.05) is 7.11 Å². The zero-order chi connectivity index (χ0) is 21.7. The maximum Gasteiger partial charge on any atom is 0.338 e. The molecule has 0 N–H and O–H groups in total. The molecule has 6 rings (SSSR count). The van der Waals surface area contributed by atoms with E-state index in [1.807, 2.05) is 18.2 Å². The summed E-state index contributed by atoms with van der Waals surface area (Å²) < 4.78 is 4.96. The molecule has 6 aromatic rings. The highest BCUT2D eigenvalue weighted by Crippen LogP contribution is 2.39. The molecule has 32 heavy (non-hydrogen) atoms. The molecule has 2 nitrogen and oxygen atoms in total. The molecular weight excluding hydrogens is 392 g/mol. The molecular formula is C30H20O2. The van der Waals surface area contributed by atoms with E-state index in [-0.39, 0.29) is 5.97 Å². The monoisotopic (exact) mass is 412 g/mol. The lowest BCUT2D eigenvalue weighted by Gasteiger charge is -2.14. The summed E-state index contributed by atoms with van der Waals surface area (Å²) in [6.45, 7) is 0. The Balaban J connectivity index is 1.51. The van der Waals surface area contributed by atoms with Gasteiger partial charge in [0, 0.05) is 0 Å². The van der Waals surface area contributed by atoms with Crippen LogP contribution in [0.15, 0.2) is 103 Å². The molecule has 152 valence electrons. The van der Waals surface area contributed by atoms with E-state index in [2.05, 4.69) is 78.9 Å². The lowest BCUT2D eigenvalue weighted by Crippen LogP contribution is -2.03. The number of methoxy groups -OCH3 is 1. The first kappa shape index (κ1) is 18.6. The average Bonchev–Trinajstić information content (AvgIpc) is 2.87. The third-order valence-electron chi connectivity index (χ3n) is 6.37. The summed E-state index contributed by atoms with van der Waals surface area (Å²) in [4.78, 5) is 12.2. The summed E-state index contributed by atoms with van der Waals surface area (Å²) in [5.41, 5.74) is 4.81. The molecule has 0 saturated heterocycles. The zero-order valence-electron chi connectivity index (χ0n) is 17.6. The largest absolute Gasteiger partial charge is 0.465 e. The topological polar surface area (TPSA) is 26.3 Å². The number of hydrogen-bond donors (Lipinski definition) is 0. The molecule has 0 atom stereocenters. The average molecular weight is 412 g/mol. The summed E-state index contributed by atoms with van der Waals surface area (Å²) >= 11 is 0. The van der Waals surface area contributed by atoms with Crippen molar-refractivity contribution in [3.8, 4) is 22.3 Å². The number of ether oxygens (including phenoxy) is 1. The van der Waals surface area contributed by atoms with Gasteiger partial charge in [0.25, 0.3) is 0 Å². The van der Waals surface area contributed by atoms with E-state index in [1.165, 1.54) is 45.0 Å². The molecule has 0 radical (unpaired) electrons. The Morgan fingerprint density at radius 2 is 1.16 bits per heavy atom. The first-order valence-corrected chi connectivity index (χ1v) is 10.7. The van der Waals surface area contributed by atoms with Crippen molar-refractivity contribution in [1.82, 2.24) is 0 Å². The molecule has 0 bridgehead atoms. The smallest absolute Gasteiger partial charge is 0.338 e. The summed E-state index contributed by atoms with van der Waals surface area (Å²) in [5, 5.41) is 7.71. The van der Waals surface area contributed by atoms with Gasteiger partial charge in [0.05, 0.1) is 12.7 Å². The van der Waals surface area contributed by atoms with Gasteiger partial charge < -0.3 is 4.74 Å². The van der Waals surface area contributed by atoms with Crippen LogP contribution in [0.5, 0.6) is 0 Å². The SMILES string of the molecule is COC(=O)c1ccccc1-c1ccc(-c2ccc3ccc4cccc5ccc2c3c45)cc1. The molecule has 2 heteroatoms. The van der Waals surface area contributed by atoms with E-state index in [1.54, 1.807) is 6.07 Å². The molecule has 0 heterocycles. The fourth-order valence-electron chi connectivity index (χ4n) is 4.84. The van der Waals surface area contributed by atoms with Crippen LogP contribution in [0.2, 0.25) is 0 Å². The summed E-state index contributed by atoms with van der Waals surface area (Å²) in [6, 6.07) is 35.8. The maximum absolute atomic E-state index is 12.2. The summed E-state index contributed by atoms with van der Waals surface area (Å²) in [6.07, 6.45) is 0. The van der Waals surface area contributed by atoms with Crippen LogP contribution in [-0.2, 0) is 4.74 Å². The third kappa shape index (κ3) is 2.77. The van der Waals surface area contributed by atoms with Crippen LogP contribution in [0, 0.1) is 0 Å². The highest BCUT2D eigenvalue weighted by Gasteiger charge is 2.14. The van der Waals surface area contributed by atoms with Crippen molar-refractivity contribution in [2.45, 2.75) is 0 Å². The van der Waals surface area contributed by atoms with Gasteiger partial charge in [0.2, 0.25) is 0 Å². The van der Waals surface area contributed by atoms with Gasteiger partial charge in [-0.1, -0.05) is 97.1 Å². The zero-order valence-corrected chi connectivity index (χ0v) is 17.6. The third-order valence-corrected chi connectivity index (χ3v) is 6.37. The molecule has 0 unspecified atom stereocenters. The van der Waals surface area contributed by atoms with E-state index in [4.69, 9.17) is 4.74 Å². The lowest BCUT2D eigenvalue weighted by molar-refractivity contribution is 0.0601. The van der Waals surface area contributed by atoms with Gasteiger partial charge in [-0.25, -0.2) is 4.79 Å². The molecule has 0 spiro atoms. The van der Waals surface area contributed by atoms with E-state index in [0.29, 0.717) is 5.56 Å². The summed E-state index contributed by atoms with van der Waals surface area (Å²) in [5.74, 6) is -0.323. The van der Waals surface area contributed by atoms with Crippen LogP contribution in [0.4, 0.5) is 0 Å². The van der Waals surface area contributed by atoms with E-state index in [9.17, 15) is 4.79 Å². The first-order chi connectivity index (χ1) is 15.7. The number of esters is 1. The number of carbonyl (C=O) groups excluding carboxylic acids is 1. The van der Waals surface area contributed by atoms with Crippen LogP contribution in [-0.4, -0.2) is 13.1 Å². The fraction of sp³-hybridized carbons (Fsp3) is 0.0333. The second-order valence-electron chi connectivity index (χ2n) is 8.08. The highest BCUT2D eigenvalue weighted by molar-refractivity contribution is 6.25. The van der Waals surface area contributed by atoms with Crippen molar-refractivity contribution in [2.24, 2.45) is 0 Å². The standard InChI is InChI=1S/C30H20O2/c1-32-30(31)27-8-3-2-7-24(27)19-9-11-20(12-10-19)25-17-15-23-14-13-21-5-4-6-22-16-18-26(25)29(23)28(21)22/h2-18H,1H3. The highest BCUT2D eigenvalue weighted by atomic mass is 16.5. The van der Waals surface area contributed by atoms with Gasteiger partial charge in [-0.05, 0) is 60.6 Å². The van der Waals surface area contributed by atoms with Crippen LogP contribution in [0.3, 0.4) is 0 Å². The molecule has 0 aliphatic rings. The van der Waals surface area contributed by atoms with Crippen molar-refractivity contribution in [1.29, 1.82) is 0 Å². The minimum atomic E-state index is -0.323. The Kier molecular flexibility index (Phi) is 4.19. The van der Waals surface area contributed by atoms with E-state index in [0.717, 1.165) is 16.7 Å². The van der Waals surface area contributed by atoms with Gasteiger partial charge in [-0.15, -0.1) is 0 Å². The number of benzene rings is 6. The number of hydrogen-bond acceptors (Lipinski definition) is 2. The molecule has 0 aromatic heterocycles. The Morgan fingerprint density at radius 3 is 1.88 bits per heavy atom. The van der Waals surface area contributed by atoms with Gasteiger partial charge in [-0.3, -0.25) is 0 Å². The molecule has 0 saturated carbocycles. The van der Waals surface area contributed by atoms with E-state index < -0.39 is 0 Å². The maximum atomic E-state index is 12.2. The molecule has 0 amide bonds. The quantitative estimate of drug-likeness (QED) is 0.220. The molecule has 6 aromatic carbocycles. The van der Waals surface area contributed by atoms with Gasteiger partial charge in [0.1, 0.15) is 0 Å². The fourth-order valence-corrected chi connectivity index (χ4v) is 4.84. The predicted molar refractivity (Wildman–Crippen MR) is 132 cm³/mol. The van der Waals surface area contributed by atoms with Gasteiger partial charge in [-0.2, -0.15) is 0 Å².